The second-order valence-corrected chi connectivity index (χ2v) is 12.2. The van der Waals surface area contributed by atoms with Gasteiger partial charge in [-0.15, -0.1) is 0 Å². The Morgan fingerprint density at radius 3 is 1.34 bits per heavy atom. The first-order valence-corrected chi connectivity index (χ1v) is 16.0. The molecule has 6 rings (SSSR count). The summed E-state index contributed by atoms with van der Waals surface area (Å²) in [6.45, 7) is 8.30. The lowest BCUT2D eigenvalue weighted by Crippen LogP contribution is -2.36. The van der Waals surface area contributed by atoms with Crippen LogP contribution in [0.1, 0.15) is 38.3 Å². The molecule has 0 unspecified atom stereocenters. The van der Waals surface area contributed by atoms with Crippen LogP contribution in [0, 0.1) is 13.8 Å². The minimum absolute atomic E-state index is 0.146. The van der Waals surface area contributed by atoms with Crippen molar-refractivity contribution in [1.82, 2.24) is 40.4 Å². The predicted octanol–water partition coefficient (Wildman–Crippen LogP) is 4.91. The van der Waals surface area contributed by atoms with Gasteiger partial charge in [-0.25, -0.2) is 19.9 Å². The van der Waals surface area contributed by atoms with Gasteiger partial charge in [-0.05, 0) is 95.0 Å². The number of para-hydroxylation sites is 4. The summed E-state index contributed by atoms with van der Waals surface area (Å²) in [5, 5.41) is 6.10. The summed E-state index contributed by atoms with van der Waals surface area (Å²) in [6.07, 6.45) is 0.964. The van der Waals surface area contributed by atoms with Crippen LogP contribution in [-0.4, -0.2) is 94.9 Å². The highest BCUT2D eigenvalue weighted by Gasteiger charge is 2.15. The van der Waals surface area contributed by atoms with E-state index in [-0.39, 0.29) is 11.8 Å². The van der Waals surface area contributed by atoms with E-state index in [9.17, 15) is 9.59 Å². The smallest absolute Gasteiger partial charge is 0.253 e. The Hall–Kier alpha value is -5.06. The van der Waals surface area contributed by atoms with Crippen LogP contribution in [0.2, 0.25) is 0 Å². The average Bonchev–Trinajstić information content (AvgIpc) is 3.06. The number of benzene rings is 4. The molecule has 2 N–H and O–H groups in total. The number of nitrogens with one attached hydrogen (secondary N) is 2. The number of fused-ring (bicyclic) bond motifs is 4. The van der Waals surface area contributed by atoms with Crippen LogP contribution in [-0.2, 0) is 0 Å². The molecule has 0 bridgehead atoms. The molecule has 0 atom stereocenters. The zero-order chi connectivity index (χ0) is 32.9. The van der Waals surface area contributed by atoms with E-state index in [1.807, 2.05) is 74.5 Å². The molecule has 0 saturated heterocycles. The summed E-state index contributed by atoms with van der Waals surface area (Å²) < 4.78 is 0. The van der Waals surface area contributed by atoms with Crippen molar-refractivity contribution in [2.45, 2.75) is 20.3 Å². The zero-order valence-electron chi connectivity index (χ0n) is 27.4. The molecule has 0 radical (unpaired) electrons. The molecule has 240 valence electrons. The molecular formula is C37H40N8O2. The predicted molar refractivity (Wildman–Crippen MR) is 188 cm³/mol. The molecule has 0 fully saturated rings. The molecule has 2 aromatic heterocycles. The molecule has 0 aliphatic heterocycles. The highest BCUT2D eigenvalue weighted by atomic mass is 16.2. The summed E-state index contributed by atoms with van der Waals surface area (Å²) in [6, 6.07) is 22.9. The van der Waals surface area contributed by atoms with Crippen LogP contribution in [0.3, 0.4) is 0 Å². The Morgan fingerprint density at radius 1 is 0.532 bits per heavy atom. The van der Waals surface area contributed by atoms with Crippen molar-refractivity contribution in [3.63, 3.8) is 0 Å². The van der Waals surface area contributed by atoms with Crippen LogP contribution in [0.15, 0.2) is 72.8 Å². The molecule has 0 aliphatic carbocycles. The fourth-order valence-electron chi connectivity index (χ4n) is 5.83. The lowest BCUT2D eigenvalue weighted by atomic mass is 10.1. The number of likely N-dealkylation sites (N-methyl/N-ethyl adjacent to an activating group) is 2. The lowest BCUT2D eigenvalue weighted by molar-refractivity contribution is 0.0944. The summed E-state index contributed by atoms with van der Waals surface area (Å²) in [5.74, 6) is -0.293. The van der Waals surface area contributed by atoms with Crippen molar-refractivity contribution >= 4 is 55.9 Å². The van der Waals surface area contributed by atoms with Crippen LogP contribution >= 0.6 is 0 Å². The van der Waals surface area contributed by atoms with Crippen molar-refractivity contribution in [3.8, 4) is 0 Å². The van der Waals surface area contributed by atoms with Gasteiger partial charge in [0, 0.05) is 26.2 Å². The molecule has 0 saturated carbocycles. The number of nitrogens with zero attached hydrogens (tertiary/aromatic N) is 6. The standard InChI is InChI=1S/C37H40N8O2/c1-24-10-5-14-28-32(24)42-34-26(12-7-16-30(34)40-28)36(46)38-18-22-44(3)20-9-21-45(4)23-19-39-37(47)27-13-8-17-31-35(27)43-33-25(2)11-6-15-29(33)41-31/h5-8,10-17H,9,18-23H2,1-4H3,(H,38,46)(H,39,47). The summed E-state index contributed by atoms with van der Waals surface area (Å²) in [4.78, 5) is 49.7. The van der Waals surface area contributed by atoms with Crippen molar-refractivity contribution in [2.75, 3.05) is 53.4 Å². The molecule has 0 spiro atoms. The second kappa shape index (κ2) is 14.1. The van der Waals surface area contributed by atoms with Crippen molar-refractivity contribution in [2.24, 2.45) is 0 Å². The number of rotatable bonds is 12. The Bertz CT molecular complexity index is 1950. The number of hydrogen-bond donors (Lipinski definition) is 2. The van der Waals surface area contributed by atoms with Crippen LogP contribution in [0.5, 0.6) is 0 Å². The van der Waals surface area contributed by atoms with Gasteiger partial charge in [-0.2, -0.15) is 0 Å². The number of hydrogen-bond acceptors (Lipinski definition) is 8. The van der Waals surface area contributed by atoms with E-state index in [4.69, 9.17) is 19.9 Å². The Morgan fingerprint density at radius 2 is 0.915 bits per heavy atom. The van der Waals surface area contributed by atoms with Gasteiger partial charge in [0.25, 0.3) is 11.8 Å². The van der Waals surface area contributed by atoms with E-state index < -0.39 is 0 Å². The summed E-state index contributed by atoms with van der Waals surface area (Å²) >= 11 is 0. The van der Waals surface area contributed by atoms with Gasteiger partial charge in [-0.1, -0.05) is 36.4 Å². The van der Waals surface area contributed by atoms with Gasteiger partial charge < -0.3 is 20.4 Å². The third kappa shape index (κ3) is 7.19. The van der Waals surface area contributed by atoms with E-state index in [0.29, 0.717) is 46.3 Å². The monoisotopic (exact) mass is 628 g/mol. The molecule has 0 aliphatic rings. The zero-order valence-corrected chi connectivity index (χ0v) is 27.4. The molecule has 47 heavy (non-hydrogen) atoms. The highest BCUT2D eigenvalue weighted by Crippen LogP contribution is 2.23. The van der Waals surface area contributed by atoms with Gasteiger partial charge >= 0.3 is 0 Å². The Kier molecular flexibility index (Phi) is 9.60. The highest BCUT2D eigenvalue weighted by molar-refractivity contribution is 6.07. The molecule has 2 amide bonds. The third-order valence-electron chi connectivity index (χ3n) is 8.52. The largest absolute Gasteiger partial charge is 0.351 e. The fraction of sp³-hybridized carbons (Fsp3) is 0.297. The second-order valence-electron chi connectivity index (χ2n) is 12.2. The summed E-state index contributed by atoms with van der Waals surface area (Å²) in [5.41, 5.74) is 9.08. The molecule has 4 aromatic carbocycles. The van der Waals surface area contributed by atoms with Crippen molar-refractivity contribution in [3.05, 3.63) is 95.1 Å². The van der Waals surface area contributed by atoms with E-state index in [0.717, 1.165) is 65.8 Å². The third-order valence-corrected chi connectivity index (χ3v) is 8.52. The van der Waals surface area contributed by atoms with Crippen molar-refractivity contribution < 1.29 is 9.59 Å². The van der Waals surface area contributed by atoms with Gasteiger partial charge in [0.2, 0.25) is 0 Å². The molecule has 2 heterocycles. The van der Waals surface area contributed by atoms with Gasteiger partial charge in [0.05, 0.1) is 44.2 Å². The number of carbonyl (C=O) groups excluding carboxylic acids is 2. The minimum Gasteiger partial charge on any atom is -0.351 e. The summed E-state index contributed by atoms with van der Waals surface area (Å²) in [7, 11) is 4.12. The molecule has 10 nitrogen and oxygen atoms in total. The number of aryl methyl sites for hydroxylation is 2. The normalized spacial score (nSPS) is 11.7. The molecular weight excluding hydrogens is 588 g/mol. The Balaban J connectivity index is 0.932. The fourth-order valence-corrected chi connectivity index (χ4v) is 5.83. The van der Waals surface area contributed by atoms with Crippen molar-refractivity contribution in [1.29, 1.82) is 0 Å². The van der Waals surface area contributed by atoms with E-state index >= 15 is 0 Å². The minimum atomic E-state index is -0.146. The SMILES string of the molecule is Cc1cccc2nc3cccc(C(=O)NCCN(C)CCCN(C)CCNC(=O)c4cccc5nc6cccc(C)c6nc45)c3nc12. The van der Waals surface area contributed by atoms with Crippen LogP contribution in [0.25, 0.3) is 44.1 Å². The molecule has 10 heteroatoms. The van der Waals surface area contributed by atoms with E-state index in [1.54, 1.807) is 12.1 Å². The maximum absolute atomic E-state index is 13.1. The van der Waals surface area contributed by atoms with E-state index in [1.165, 1.54) is 0 Å². The van der Waals surface area contributed by atoms with Gasteiger partial charge in [0.15, 0.2) is 0 Å². The number of amides is 2. The first-order valence-electron chi connectivity index (χ1n) is 16.0. The first kappa shape index (κ1) is 31.9. The maximum Gasteiger partial charge on any atom is 0.253 e. The topological polar surface area (TPSA) is 116 Å². The molecule has 6 aromatic rings. The van der Waals surface area contributed by atoms with Crippen LogP contribution in [0.4, 0.5) is 0 Å². The average molecular weight is 629 g/mol. The number of carbonyl (C=O) groups is 2. The van der Waals surface area contributed by atoms with Gasteiger partial charge in [0.1, 0.15) is 11.0 Å². The maximum atomic E-state index is 13.1. The van der Waals surface area contributed by atoms with E-state index in [2.05, 4.69) is 34.5 Å². The number of aromatic nitrogens is 4. The van der Waals surface area contributed by atoms with Gasteiger partial charge in [-0.3, -0.25) is 9.59 Å². The quantitative estimate of drug-likeness (QED) is 0.184. The lowest BCUT2D eigenvalue weighted by Gasteiger charge is -2.20. The first-order chi connectivity index (χ1) is 22.8. The Labute approximate surface area is 274 Å². The van der Waals surface area contributed by atoms with Crippen LogP contribution < -0.4 is 10.6 Å².